The minimum atomic E-state index is 0.0930. The second-order valence-electron chi connectivity index (χ2n) is 4.35. The minimum Gasteiger partial charge on any atom is -0.326 e. The molecular weight excluding hydrogens is 242 g/mol. The molecule has 0 radical (unpaired) electrons. The Kier molecular flexibility index (Phi) is 4.53. The number of aryl methyl sites for hydroxylation is 2. The van der Waals surface area contributed by atoms with E-state index in [1.165, 1.54) is 10.4 Å². The van der Waals surface area contributed by atoms with E-state index in [2.05, 4.69) is 16.8 Å². The van der Waals surface area contributed by atoms with E-state index in [1.807, 2.05) is 37.3 Å². The monoisotopic (exact) mass is 259 g/mol. The van der Waals surface area contributed by atoms with Crippen LogP contribution in [0.25, 0.3) is 0 Å². The third kappa shape index (κ3) is 4.00. The second kappa shape index (κ2) is 6.36. The molecule has 0 saturated carbocycles. The highest BCUT2D eigenvalue weighted by Crippen LogP contribution is 2.13. The van der Waals surface area contributed by atoms with Crippen LogP contribution in [0.4, 0.5) is 5.69 Å². The quantitative estimate of drug-likeness (QED) is 0.863. The molecule has 2 rings (SSSR count). The summed E-state index contributed by atoms with van der Waals surface area (Å²) in [6.07, 6.45) is 2.46. The summed E-state index contributed by atoms with van der Waals surface area (Å²) >= 11 is 1.75. The number of hydrogen-bond acceptors (Lipinski definition) is 2. The van der Waals surface area contributed by atoms with Crippen LogP contribution in [0.5, 0.6) is 0 Å². The summed E-state index contributed by atoms with van der Waals surface area (Å²) in [6, 6.07) is 12.0. The molecule has 0 atom stereocenters. The van der Waals surface area contributed by atoms with Gasteiger partial charge in [-0.2, -0.15) is 0 Å². The van der Waals surface area contributed by atoms with Crippen LogP contribution in [0.1, 0.15) is 23.3 Å². The number of benzene rings is 1. The van der Waals surface area contributed by atoms with Gasteiger partial charge in [0.15, 0.2) is 0 Å². The molecule has 1 N–H and O–H groups in total. The molecule has 1 aromatic carbocycles. The molecule has 2 nitrogen and oxygen atoms in total. The van der Waals surface area contributed by atoms with Crippen LogP contribution >= 0.6 is 11.3 Å². The van der Waals surface area contributed by atoms with Crippen LogP contribution < -0.4 is 5.32 Å². The molecule has 0 aliphatic heterocycles. The topological polar surface area (TPSA) is 29.1 Å². The first-order valence-corrected chi connectivity index (χ1v) is 7.01. The van der Waals surface area contributed by atoms with E-state index in [-0.39, 0.29) is 5.91 Å². The van der Waals surface area contributed by atoms with Crippen LogP contribution in [-0.4, -0.2) is 5.91 Å². The van der Waals surface area contributed by atoms with Gasteiger partial charge in [-0.05, 0) is 43.3 Å². The first-order chi connectivity index (χ1) is 8.74. The molecule has 0 aliphatic carbocycles. The molecule has 94 valence electrons. The summed E-state index contributed by atoms with van der Waals surface area (Å²) in [5.74, 6) is 0.0930. The zero-order valence-electron chi connectivity index (χ0n) is 10.5. The highest BCUT2D eigenvalue weighted by Gasteiger charge is 2.02. The number of hydrogen-bond donors (Lipinski definition) is 1. The lowest BCUT2D eigenvalue weighted by atomic mass is 10.2. The van der Waals surface area contributed by atoms with Crippen molar-refractivity contribution in [1.29, 1.82) is 0 Å². The number of thiophene rings is 1. The van der Waals surface area contributed by atoms with Gasteiger partial charge in [0.1, 0.15) is 0 Å². The lowest BCUT2D eigenvalue weighted by molar-refractivity contribution is -0.116. The van der Waals surface area contributed by atoms with Gasteiger partial charge < -0.3 is 5.32 Å². The number of rotatable bonds is 5. The minimum absolute atomic E-state index is 0.0930. The number of carbonyl (C=O) groups is 1. The molecule has 0 fully saturated rings. The zero-order valence-corrected chi connectivity index (χ0v) is 11.3. The van der Waals surface area contributed by atoms with Crippen molar-refractivity contribution in [3.8, 4) is 0 Å². The van der Waals surface area contributed by atoms with Gasteiger partial charge in [-0.1, -0.05) is 23.8 Å². The molecule has 3 heteroatoms. The fourth-order valence-electron chi connectivity index (χ4n) is 1.74. The standard InChI is InChI=1S/C15H17NOS/c1-12-7-9-13(10-8-12)16-15(17)6-2-4-14-5-3-11-18-14/h3,5,7-11H,2,4,6H2,1H3,(H,16,17). The lowest BCUT2D eigenvalue weighted by Crippen LogP contribution is -2.11. The van der Waals surface area contributed by atoms with Gasteiger partial charge in [0.2, 0.25) is 5.91 Å². The number of nitrogens with one attached hydrogen (secondary N) is 1. The molecule has 0 unspecified atom stereocenters. The summed E-state index contributed by atoms with van der Waals surface area (Å²) < 4.78 is 0. The van der Waals surface area contributed by atoms with E-state index in [4.69, 9.17) is 0 Å². The maximum absolute atomic E-state index is 11.7. The Morgan fingerprint density at radius 3 is 2.67 bits per heavy atom. The van der Waals surface area contributed by atoms with Crippen LogP contribution in [0.2, 0.25) is 0 Å². The van der Waals surface area contributed by atoms with Crippen LogP contribution in [0, 0.1) is 6.92 Å². The second-order valence-corrected chi connectivity index (χ2v) is 5.38. The number of anilines is 1. The van der Waals surface area contributed by atoms with Crippen molar-refractivity contribution in [3.63, 3.8) is 0 Å². The van der Waals surface area contributed by atoms with E-state index in [9.17, 15) is 4.79 Å². The molecule has 0 saturated heterocycles. The van der Waals surface area contributed by atoms with Gasteiger partial charge in [-0.25, -0.2) is 0 Å². The highest BCUT2D eigenvalue weighted by molar-refractivity contribution is 7.09. The molecule has 2 aromatic rings. The third-order valence-electron chi connectivity index (χ3n) is 2.74. The Hall–Kier alpha value is -1.61. The van der Waals surface area contributed by atoms with E-state index in [0.717, 1.165) is 18.5 Å². The first-order valence-electron chi connectivity index (χ1n) is 6.13. The Morgan fingerprint density at radius 2 is 2.00 bits per heavy atom. The Morgan fingerprint density at radius 1 is 1.22 bits per heavy atom. The maximum atomic E-state index is 11.7. The molecular formula is C15H17NOS. The molecule has 18 heavy (non-hydrogen) atoms. The normalized spacial score (nSPS) is 10.3. The van der Waals surface area contributed by atoms with E-state index >= 15 is 0 Å². The fourth-order valence-corrected chi connectivity index (χ4v) is 2.49. The molecule has 0 spiro atoms. The van der Waals surface area contributed by atoms with Crippen molar-refractivity contribution < 1.29 is 4.79 Å². The van der Waals surface area contributed by atoms with Crippen molar-refractivity contribution >= 4 is 22.9 Å². The van der Waals surface area contributed by atoms with Crippen molar-refractivity contribution in [2.45, 2.75) is 26.2 Å². The predicted molar refractivity (Wildman–Crippen MR) is 77.1 cm³/mol. The Labute approximate surface area is 112 Å². The van der Waals surface area contributed by atoms with Crippen LogP contribution in [-0.2, 0) is 11.2 Å². The molecule has 1 amide bonds. The van der Waals surface area contributed by atoms with E-state index in [0.29, 0.717) is 6.42 Å². The average molecular weight is 259 g/mol. The first kappa shape index (κ1) is 12.8. The van der Waals surface area contributed by atoms with Crippen molar-refractivity contribution in [1.82, 2.24) is 0 Å². The number of amides is 1. The molecule has 0 aliphatic rings. The van der Waals surface area contributed by atoms with Gasteiger partial charge in [-0.15, -0.1) is 11.3 Å². The van der Waals surface area contributed by atoms with Gasteiger partial charge in [0.05, 0.1) is 0 Å². The maximum Gasteiger partial charge on any atom is 0.224 e. The summed E-state index contributed by atoms with van der Waals surface area (Å²) in [5.41, 5.74) is 2.08. The summed E-state index contributed by atoms with van der Waals surface area (Å²) in [5, 5.41) is 4.98. The third-order valence-corrected chi connectivity index (χ3v) is 3.68. The fraction of sp³-hybridized carbons (Fsp3) is 0.267. The SMILES string of the molecule is Cc1ccc(NC(=O)CCCc2cccs2)cc1. The Bertz CT molecular complexity index is 488. The molecule has 0 bridgehead atoms. The van der Waals surface area contributed by atoms with E-state index < -0.39 is 0 Å². The predicted octanol–water partition coefficient (Wildman–Crippen LogP) is 4.02. The molecule has 1 heterocycles. The largest absolute Gasteiger partial charge is 0.326 e. The zero-order chi connectivity index (χ0) is 12.8. The van der Waals surface area contributed by atoms with Gasteiger partial charge in [0.25, 0.3) is 0 Å². The average Bonchev–Trinajstić information content (AvgIpc) is 2.85. The Balaban J connectivity index is 1.73. The summed E-state index contributed by atoms with van der Waals surface area (Å²) in [7, 11) is 0. The van der Waals surface area contributed by atoms with Crippen molar-refractivity contribution in [2.75, 3.05) is 5.32 Å². The summed E-state index contributed by atoms with van der Waals surface area (Å²) in [6.45, 7) is 2.03. The van der Waals surface area contributed by atoms with Crippen molar-refractivity contribution in [3.05, 3.63) is 52.2 Å². The van der Waals surface area contributed by atoms with Crippen LogP contribution in [0.15, 0.2) is 41.8 Å². The van der Waals surface area contributed by atoms with Gasteiger partial charge in [-0.3, -0.25) is 4.79 Å². The number of carbonyl (C=O) groups excluding carboxylic acids is 1. The van der Waals surface area contributed by atoms with Gasteiger partial charge in [0, 0.05) is 17.0 Å². The highest BCUT2D eigenvalue weighted by atomic mass is 32.1. The molecule has 1 aromatic heterocycles. The van der Waals surface area contributed by atoms with Gasteiger partial charge >= 0.3 is 0 Å². The smallest absolute Gasteiger partial charge is 0.224 e. The van der Waals surface area contributed by atoms with Crippen molar-refractivity contribution in [2.24, 2.45) is 0 Å². The lowest BCUT2D eigenvalue weighted by Gasteiger charge is -2.05. The van der Waals surface area contributed by atoms with E-state index in [1.54, 1.807) is 11.3 Å². The summed E-state index contributed by atoms with van der Waals surface area (Å²) in [4.78, 5) is 13.1. The van der Waals surface area contributed by atoms with Crippen LogP contribution in [0.3, 0.4) is 0 Å².